The van der Waals surface area contributed by atoms with E-state index in [1.165, 1.54) is 18.3 Å². The van der Waals surface area contributed by atoms with Crippen LogP contribution in [0.2, 0.25) is 0 Å². The summed E-state index contributed by atoms with van der Waals surface area (Å²) in [5.74, 6) is 0.113. The molecule has 0 amide bonds. The first kappa shape index (κ1) is 21.6. The number of nitrogens with zero attached hydrogens (tertiary/aromatic N) is 2. The van der Waals surface area contributed by atoms with Crippen LogP contribution in [0.25, 0.3) is 10.9 Å². The van der Waals surface area contributed by atoms with Crippen LogP contribution in [0.1, 0.15) is 30.9 Å². The van der Waals surface area contributed by atoms with Crippen LogP contribution in [0, 0.1) is 25.6 Å². The van der Waals surface area contributed by atoms with Crippen molar-refractivity contribution in [3.63, 3.8) is 0 Å². The molecule has 3 aromatic rings. The van der Waals surface area contributed by atoms with Crippen molar-refractivity contribution < 1.29 is 12.8 Å². The molecule has 1 aliphatic rings. The van der Waals surface area contributed by atoms with Gasteiger partial charge in [-0.05, 0) is 56.4 Å². The van der Waals surface area contributed by atoms with E-state index in [1.54, 1.807) is 36.7 Å². The maximum absolute atomic E-state index is 15.0. The molecular formula is C24H27FN2O3S. The van der Waals surface area contributed by atoms with Gasteiger partial charge in [0.25, 0.3) is 0 Å². The third kappa shape index (κ3) is 3.76. The monoisotopic (exact) mass is 442 g/mol. The highest BCUT2D eigenvalue weighted by molar-refractivity contribution is 7.91. The van der Waals surface area contributed by atoms with Crippen molar-refractivity contribution in [2.75, 3.05) is 18.0 Å². The van der Waals surface area contributed by atoms with Crippen molar-refractivity contribution in [3.8, 4) is 0 Å². The number of pyridine rings is 1. The van der Waals surface area contributed by atoms with Gasteiger partial charge in [0, 0.05) is 26.3 Å². The van der Waals surface area contributed by atoms with Crippen LogP contribution in [0.3, 0.4) is 0 Å². The summed E-state index contributed by atoms with van der Waals surface area (Å²) in [6.07, 6.45) is 3.33. The Morgan fingerprint density at radius 2 is 1.71 bits per heavy atom. The molecule has 0 bridgehead atoms. The summed E-state index contributed by atoms with van der Waals surface area (Å²) in [4.78, 5) is 14.9. The maximum Gasteiger partial charge on any atom is 0.212 e. The average Bonchev–Trinajstić information content (AvgIpc) is 2.70. The van der Waals surface area contributed by atoms with Gasteiger partial charge < -0.3 is 9.47 Å². The normalized spacial score (nSPS) is 15.6. The van der Waals surface area contributed by atoms with Gasteiger partial charge in [0.2, 0.25) is 15.3 Å². The highest BCUT2D eigenvalue weighted by atomic mass is 32.2. The Labute approximate surface area is 182 Å². The van der Waals surface area contributed by atoms with Crippen LogP contribution < -0.4 is 10.3 Å². The standard InChI is InChI=1S/C24H27FN2O3S/c1-15-7-9-27(10-8-15)21-13-20-18(12-19(21)25)24(28)23(14-26(20)4)31(29,30)22-6-5-16(2)11-17(22)3/h5-6,11-15H,7-10H2,1-4H3. The molecule has 0 unspecified atom stereocenters. The Kier molecular flexibility index (Phi) is 5.41. The minimum atomic E-state index is -4.05. The van der Waals surface area contributed by atoms with Crippen LogP contribution in [0.15, 0.2) is 51.1 Å². The predicted octanol–water partition coefficient (Wildman–Crippen LogP) is 4.36. The molecule has 5 nitrogen and oxygen atoms in total. The third-order valence-electron chi connectivity index (χ3n) is 6.26. The van der Waals surface area contributed by atoms with Gasteiger partial charge in [-0.25, -0.2) is 12.8 Å². The van der Waals surface area contributed by atoms with Crippen molar-refractivity contribution in [1.82, 2.24) is 4.57 Å². The van der Waals surface area contributed by atoms with E-state index in [1.807, 2.05) is 11.8 Å². The number of halogens is 1. The minimum Gasteiger partial charge on any atom is -0.369 e. The summed E-state index contributed by atoms with van der Waals surface area (Å²) in [7, 11) is -2.36. The molecule has 0 radical (unpaired) electrons. The number of piperidine rings is 1. The van der Waals surface area contributed by atoms with Crippen molar-refractivity contribution in [1.29, 1.82) is 0 Å². The Balaban J connectivity index is 1.87. The molecule has 164 valence electrons. The fourth-order valence-corrected chi connectivity index (χ4v) is 5.98. The van der Waals surface area contributed by atoms with Crippen LogP contribution in [-0.2, 0) is 16.9 Å². The van der Waals surface area contributed by atoms with E-state index in [2.05, 4.69) is 6.92 Å². The van der Waals surface area contributed by atoms with Gasteiger partial charge in [-0.15, -0.1) is 0 Å². The first-order chi connectivity index (χ1) is 14.6. The molecule has 2 heterocycles. The highest BCUT2D eigenvalue weighted by Crippen LogP contribution is 2.30. The molecule has 1 aliphatic heterocycles. The van der Waals surface area contributed by atoms with Crippen LogP contribution in [0.4, 0.5) is 10.1 Å². The molecule has 7 heteroatoms. The summed E-state index contributed by atoms with van der Waals surface area (Å²) in [6.45, 7) is 7.29. The van der Waals surface area contributed by atoms with Gasteiger partial charge >= 0.3 is 0 Å². The molecule has 0 atom stereocenters. The van der Waals surface area contributed by atoms with E-state index in [0.29, 0.717) is 22.7 Å². The van der Waals surface area contributed by atoms with Gasteiger partial charge in [0.05, 0.1) is 21.5 Å². The molecule has 0 aliphatic carbocycles. The quantitative estimate of drug-likeness (QED) is 0.605. The third-order valence-corrected chi connectivity index (χ3v) is 8.17. The zero-order chi connectivity index (χ0) is 22.5. The molecule has 0 spiro atoms. The molecule has 1 aromatic heterocycles. The van der Waals surface area contributed by atoms with Gasteiger partial charge in [-0.3, -0.25) is 4.79 Å². The van der Waals surface area contributed by atoms with E-state index in [-0.39, 0.29) is 15.2 Å². The number of sulfone groups is 1. The van der Waals surface area contributed by atoms with Crippen LogP contribution in [-0.4, -0.2) is 26.1 Å². The number of fused-ring (bicyclic) bond motifs is 1. The maximum atomic E-state index is 15.0. The lowest BCUT2D eigenvalue weighted by atomic mass is 9.98. The second-order valence-corrected chi connectivity index (χ2v) is 10.6. The molecule has 4 rings (SSSR count). The van der Waals surface area contributed by atoms with E-state index < -0.39 is 21.1 Å². The first-order valence-electron chi connectivity index (χ1n) is 10.5. The molecule has 0 saturated carbocycles. The molecule has 0 N–H and O–H groups in total. The van der Waals surface area contributed by atoms with E-state index in [9.17, 15) is 13.2 Å². The summed E-state index contributed by atoms with van der Waals surface area (Å²) in [6, 6.07) is 7.84. The van der Waals surface area contributed by atoms with E-state index >= 15 is 4.39 Å². The Morgan fingerprint density at radius 1 is 1.03 bits per heavy atom. The zero-order valence-electron chi connectivity index (χ0n) is 18.3. The number of hydrogen-bond acceptors (Lipinski definition) is 4. The van der Waals surface area contributed by atoms with Gasteiger partial charge in [0.15, 0.2) is 0 Å². The lowest BCUT2D eigenvalue weighted by Crippen LogP contribution is -2.33. The second-order valence-electron chi connectivity index (χ2n) is 8.70. The number of aromatic nitrogens is 1. The van der Waals surface area contributed by atoms with Crippen molar-refractivity contribution >= 4 is 26.4 Å². The fourth-order valence-electron chi connectivity index (χ4n) is 4.36. The lowest BCUT2D eigenvalue weighted by Gasteiger charge is -2.32. The smallest absolute Gasteiger partial charge is 0.212 e. The van der Waals surface area contributed by atoms with Crippen molar-refractivity contribution in [3.05, 3.63) is 63.7 Å². The predicted molar refractivity (Wildman–Crippen MR) is 121 cm³/mol. The van der Waals surface area contributed by atoms with E-state index in [0.717, 1.165) is 31.5 Å². The van der Waals surface area contributed by atoms with E-state index in [4.69, 9.17) is 0 Å². The Bertz CT molecular complexity index is 1340. The number of anilines is 1. The topological polar surface area (TPSA) is 59.4 Å². The molecule has 31 heavy (non-hydrogen) atoms. The lowest BCUT2D eigenvalue weighted by molar-refractivity contribution is 0.434. The average molecular weight is 443 g/mol. The Hall–Kier alpha value is -2.67. The summed E-state index contributed by atoms with van der Waals surface area (Å²) >= 11 is 0. The fraction of sp³-hybridized carbons (Fsp3) is 0.375. The number of hydrogen-bond donors (Lipinski definition) is 0. The SMILES string of the molecule is Cc1ccc(S(=O)(=O)c2cn(C)c3cc(N4CCC(C)CC4)c(F)cc3c2=O)c(C)c1. The molecular weight excluding hydrogens is 415 g/mol. The largest absolute Gasteiger partial charge is 0.369 e. The molecule has 1 fully saturated rings. The Morgan fingerprint density at radius 3 is 2.35 bits per heavy atom. The van der Waals surface area contributed by atoms with Gasteiger partial charge in [-0.2, -0.15) is 0 Å². The molecule has 1 saturated heterocycles. The molecule has 2 aromatic carbocycles. The van der Waals surface area contributed by atoms with Gasteiger partial charge in [-0.1, -0.05) is 24.6 Å². The summed E-state index contributed by atoms with van der Waals surface area (Å²) in [5, 5.41) is 0.0694. The first-order valence-corrected chi connectivity index (χ1v) is 12.0. The van der Waals surface area contributed by atoms with Crippen molar-refractivity contribution in [2.45, 2.75) is 43.4 Å². The summed E-state index contributed by atoms with van der Waals surface area (Å²) in [5.41, 5.74) is 1.80. The van der Waals surface area contributed by atoms with Crippen molar-refractivity contribution in [2.24, 2.45) is 13.0 Å². The minimum absolute atomic E-state index is 0.0694. The summed E-state index contributed by atoms with van der Waals surface area (Å²) < 4.78 is 43.2. The number of rotatable bonds is 3. The number of benzene rings is 2. The second kappa shape index (κ2) is 7.79. The van der Waals surface area contributed by atoms with Crippen LogP contribution >= 0.6 is 0 Å². The zero-order valence-corrected chi connectivity index (χ0v) is 19.1. The highest BCUT2D eigenvalue weighted by Gasteiger charge is 2.26. The number of aryl methyl sites for hydroxylation is 3. The van der Waals surface area contributed by atoms with Crippen LogP contribution in [0.5, 0.6) is 0 Å². The van der Waals surface area contributed by atoms with Gasteiger partial charge in [0.1, 0.15) is 10.7 Å².